The molecule has 2 fully saturated rings. The monoisotopic (exact) mass is 172 g/mol. The van der Waals surface area contributed by atoms with Crippen LogP contribution in [0.2, 0.25) is 0 Å². The maximum absolute atomic E-state index is 10.4. The molecule has 2 aliphatic rings. The van der Waals surface area contributed by atoms with Crippen LogP contribution in [-0.2, 0) is 4.74 Å². The van der Waals surface area contributed by atoms with E-state index in [-0.39, 0.29) is 11.6 Å². The van der Waals surface area contributed by atoms with E-state index in [1.165, 1.54) is 4.90 Å². The van der Waals surface area contributed by atoms with Crippen molar-refractivity contribution in [1.82, 2.24) is 4.90 Å². The SMILES string of the molecule is NC1COC2(C1)CN(C(=O)O)C2. The number of nitrogens with two attached hydrogens (primary N) is 1. The molecule has 0 radical (unpaired) electrons. The summed E-state index contributed by atoms with van der Waals surface area (Å²) in [5.74, 6) is 0. The topological polar surface area (TPSA) is 75.8 Å². The van der Waals surface area contributed by atoms with Crippen molar-refractivity contribution in [3.8, 4) is 0 Å². The summed E-state index contributed by atoms with van der Waals surface area (Å²) in [6.07, 6.45) is -0.0822. The summed E-state index contributed by atoms with van der Waals surface area (Å²) < 4.78 is 5.44. The van der Waals surface area contributed by atoms with Gasteiger partial charge in [-0.1, -0.05) is 0 Å². The third kappa shape index (κ3) is 1.05. The van der Waals surface area contributed by atoms with E-state index >= 15 is 0 Å². The van der Waals surface area contributed by atoms with Crippen LogP contribution in [0, 0.1) is 0 Å². The van der Waals surface area contributed by atoms with Gasteiger partial charge in [-0.3, -0.25) is 0 Å². The Morgan fingerprint density at radius 2 is 2.33 bits per heavy atom. The van der Waals surface area contributed by atoms with Gasteiger partial charge in [-0.25, -0.2) is 4.79 Å². The Labute approximate surface area is 70.1 Å². The fraction of sp³-hybridized carbons (Fsp3) is 0.857. The highest BCUT2D eigenvalue weighted by Crippen LogP contribution is 2.34. The number of rotatable bonds is 0. The van der Waals surface area contributed by atoms with Gasteiger partial charge >= 0.3 is 6.09 Å². The number of likely N-dealkylation sites (tertiary alicyclic amines) is 1. The molecule has 1 atom stereocenters. The molecule has 0 bridgehead atoms. The summed E-state index contributed by atoms with van der Waals surface area (Å²) in [5, 5.41) is 8.58. The van der Waals surface area contributed by atoms with Crippen molar-refractivity contribution >= 4 is 6.09 Å². The fourth-order valence-corrected chi connectivity index (χ4v) is 1.88. The average Bonchev–Trinajstić information content (AvgIpc) is 2.27. The lowest BCUT2D eigenvalue weighted by molar-refractivity contribution is -0.0981. The Bertz CT molecular complexity index is 213. The molecule has 2 saturated heterocycles. The molecule has 1 unspecified atom stereocenters. The second-order valence-electron chi connectivity index (χ2n) is 3.60. The molecule has 5 heteroatoms. The van der Waals surface area contributed by atoms with Gasteiger partial charge in [-0.05, 0) is 6.42 Å². The summed E-state index contributed by atoms with van der Waals surface area (Å²) in [6.45, 7) is 1.53. The van der Waals surface area contributed by atoms with Gasteiger partial charge in [-0.15, -0.1) is 0 Å². The predicted octanol–water partition coefficient (Wildman–Crippen LogP) is -0.534. The lowest BCUT2D eigenvalue weighted by Gasteiger charge is -2.45. The number of nitrogens with zero attached hydrogens (tertiary/aromatic N) is 1. The van der Waals surface area contributed by atoms with E-state index in [0.29, 0.717) is 19.7 Å². The summed E-state index contributed by atoms with van der Waals surface area (Å²) in [4.78, 5) is 11.8. The number of carboxylic acid groups (broad SMARTS) is 1. The Morgan fingerprint density at radius 1 is 1.67 bits per heavy atom. The van der Waals surface area contributed by atoms with Gasteiger partial charge in [0.05, 0.1) is 19.7 Å². The number of hydrogen-bond acceptors (Lipinski definition) is 3. The van der Waals surface area contributed by atoms with Crippen molar-refractivity contribution in [2.45, 2.75) is 18.1 Å². The van der Waals surface area contributed by atoms with E-state index in [1.807, 2.05) is 0 Å². The standard InChI is InChI=1S/C7H12N2O3/c8-5-1-7(12-2-5)3-9(4-7)6(10)11/h5H,1-4,8H2,(H,10,11). The van der Waals surface area contributed by atoms with Crippen LogP contribution in [0.5, 0.6) is 0 Å². The van der Waals surface area contributed by atoms with Gasteiger partial charge < -0.3 is 20.5 Å². The van der Waals surface area contributed by atoms with Crippen LogP contribution < -0.4 is 5.73 Å². The van der Waals surface area contributed by atoms with E-state index < -0.39 is 6.09 Å². The summed E-state index contributed by atoms with van der Waals surface area (Å²) >= 11 is 0. The third-order valence-corrected chi connectivity index (χ3v) is 2.47. The smallest absolute Gasteiger partial charge is 0.407 e. The van der Waals surface area contributed by atoms with Crippen LogP contribution in [0.25, 0.3) is 0 Å². The van der Waals surface area contributed by atoms with Crippen LogP contribution in [-0.4, -0.2) is 47.4 Å². The number of amides is 1. The molecule has 0 aliphatic carbocycles. The number of carbonyl (C=O) groups is 1. The minimum Gasteiger partial charge on any atom is -0.465 e. The first kappa shape index (κ1) is 7.82. The lowest BCUT2D eigenvalue weighted by atomic mass is 9.90. The molecule has 0 saturated carbocycles. The van der Waals surface area contributed by atoms with Crippen LogP contribution >= 0.6 is 0 Å². The molecule has 2 aliphatic heterocycles. The van der Waals surface area contributed by atoms with Gasteiger partial charge in [-0.2, -0.15) is 0 Å². The highest BCUT2D eigenvalue weighted by Gasteiger charge is 2.50. The Morgan fingerprint density at radius 3 is 2.75 bits per heavy atom. The van der Waals surface area contributed by atoms with Crippen molar-refractivity contribution in [3.63, 3.8) is 0 Å². The van der Waals surface area contributed by atoms with Crippen molar-refractivity contribution < 1.29 is 14.6 Å². The van der Waals surface area contributed by atoms with Crippen molar-refractivity contribution in [2.24, 2.45) is 5.73 Å². The van der Waals surface area contributed by atoms with Gasteiger partial charge in [0.2, 0.25) is 0 Å². The zero-order valence-electron chi connectivity index (χ0n) is 6.69. The molecule has 1 spiro atoms. The average molecular weight is 172 g/mol. The largest absolute Gasteiger partial charge is 0.465 e. The minimum absolute atomic E-state index is 0.0842. The van der Waals surface area contributed by atoms with E-state index in [0.717, 1.165) is 6.42 Å². The predicted molar refractivity (Wildman–Crippen MR) is 40.9 cm³/mol. The van der Waals surface area contributed by atoms with Gasteiger partial charge in [0.1, 0.15) is 5.60 Å². The number of hydrogen-bond donors (Lipinski definition) is 2. The summed E-state index contributed by atoms with van der Waals surface area (Å²) in [6, 6.07) is 0.0842. The molecule has 0 aromatic heterocycles. The highest BCUT2D eigenvalue weighted by atomic mass is 16.5. The van der Waals surface area contributed by atoms with Crippen LogP contribution in [0.4, 0.5) is 4.79 Å². The van der Waals surface area contributed by atoms with Crippen molar-refractivity contribution in [3.05, 3.63) is 0 Å². The molecule has 1 amide bonds. The van der Waals surface area contributed by atoms with E-state index in [2.05, 4.69) is 0 Å². The van der Waals surface area contributed by atoms with E-state index in [9.17, 15) is 4.79 Å². The molecule has 68 valence electrons. The molecule has 5 nitrogen and oxygen atoms in total. The lowest BCUT2D eigenvalue weighted by Crippen LogP contribution is -2.63. The molecule has 2 rings (SSSR count). The molecule has 2 heterocycles. The van der Waals surface area contributed by atoms with E-state index in [1.54, 1.807) is 0 Å². The van der Waals surface area contributed by atoms with Crippen LogP contribution in [0.1, 0.15) is 6.42 Å². The summed E-state index contributed by atoms with van der Waals surface area (Å²) in [5.41, 5.74) is 5.41. The second kappa shape index (κ2) is 2.34. The van der Waals surface area contributed by atoms with Crippen LogP contribution in [0.15, 0.2) is 0 Å². The van der Waals surface area contributed by atoms with E-state index in [4.69, 9.17) is 15.6 Å². The maximum atomic E-state index is 10.4. The first-order chi connectivity index (χ1) is 5.61. The van der Waals surface area contributed by atoms with Gasteiger partial charge in [0.15, 0.2) is 0 Å². The number of ether oxygens (including phenoxy) is 1. The Hall–Kier alpha value is -0.810. The van der Waals surface area contributed by atoms with Crippen LogP contribution in [0.3, 0.4) is 0 Å². The van der Waals surface area contributed by atoms with Gasteiger partial charge in [0.25, 0.3) is 0 Å². The minimum atomic E-state index is -0.871. The zero-order chi connectivity index (χ0) is 8.77. The quantitative estimate of drug-likeness (QED) is 0.515. The Kier molecular flexibility index (Phi) is 1.52. The van der Waals surface area contributed by atoms with Crippen molar-refractivity contribution in [2.75, 3.05) is 19.7 Å². The van der Waals surface area contributed by atoms with Crippen molar-refractivity contribution in [1.29, 1.82) is 0 Å². The molecular weight excluding hydrogens is 160 g/mol. The first-order valence-corrected chi connectivity index (χ1v) is 3.99. The van der Waals surface area contributed by atoms with Gasteiger partial charge in [0, 0.05) is 6.04 Å². The molecule has 0 aromatic rings. The fourth-order valence-electron chi connectivity index (χ4n) is 1.88. The first-order valence-electron chi connectivity index (χ1n) is 3.99. The normalized spacial score (nSPS) is 32.1. The molecule has 0 aromatic carbocycles. The zero-order valence-corrected chi connectivity index (χ0v) is 6.69. The highest BCUT2D eigenvalue weighted by molar-refractivity contribution is 5.66. The molecule has 3 N–H and O–H groups in total. The molecular formula is C7H12N2O3. The Balaban J connectivity index is 1.91. The second-order valence-corrected chi connectivity index (χ2v) is 3.60. The third-order valence-electron chi connectivity index (χ3n) is 2.47. The summed E-state index contributed by atoms with van der Waals surface area (Å²) in [7, 11) is 0. The maximum Gasteiger partial charge on any atom is 0.407 e. The molecule has 12 heavy (non-hydrogen) atoms.